The van der Waals surface area contributed by atoms with Crippen molar-refractivity contribution in [3.63, 3.8) is 0 Å². The van der Waals surface area contributed by atoms with Gasteiger partial charge in [0.25, 0.3) is 0 Å². The number of hydrogen-bond donors (Lipinski definition) is 1. The number of nitrogens with one attached hydrogen (secondary N) is 1. The average molecular weight is 385 g/mol. The number of nitrogens with zero attached hydrogens (tertiary/aromatic N) is 2. The van der Waals surface area contributed by atoms with Gasteiger partial charge in [-0.2, -0.15) is 13.2 Å². The summed E-state index contributed by atoms with van der Waals surface area (Å²) in [5, 5.41) is 2.85. The fourth-order valence-electron chi connectivity index (χ4n) is 3.04. The highest BCUT2D eigenvalue weighted by Crippen LogP contribution is 2.23. The topological polar surface area (TPSA) is 52.7 Å². The minimum atomic E-state index is -4.82. The van der Waals surface area contributed by atoms with E-state index in [2.05, 4.69) is 12.2 Å². The van der Waals surface area contributed by atoms with E-state index in [0.717, 1.165) is 36.3 Å². The molecule has 27 heavy (non-hydrogen) atoms. The molecule has 0 aliphatic carbocycles. The van der Waals surface area contributed by atoms with Crippen molar-refractivity contribution in [1.82, 2.24) is 4.90 Å². The molecule has 2 rings (SSSR count). The van der Waals surface area contributed by atoms with Gasteiger partial charge < -0.3 is 15.1 Å². The Labute approximate surface area is 157 Å². The van der Waals surface area contributed by atoms with Crippen molar-refractivity contribution >= 4 is 23.2 Å². The minimum absolute atomic E-state index is 0.0156. The first-order valence-electron chi connectivity index (χ1n) is 9.32. The molecule has 1 aromatic carbocycles. The van der Waals surface area contributed by atoms with Crippen LogP contribution in [0.15, 0.2) is 24.3 Å². The maximum absolute atomic E-state index is 12.5. The molecule has 0 radical (unpaired) electrons. The van der Waals surface area contributed by atoms with Crippen molar-refractivity contribution in [1.29, 1.82) is 0 Å². The summed E-state index contributed by atoms with van der Waals surface area (Å²) in [5.41, 5.74) is 1.56. The fraction of sp³-hybridized carbons (Fsp3) is 0.579. The highest BCUT2D eigenvalue weighted by atomic mass is 19.4. The molecule has 0 atom stereocenters. The third kappa shape index (κ3) is 6.45. The molecule has 1 aliphatic rings. The molecule has 0 unspecified atom stereocenters. The van der Waals surface area contributed by atoms with E-state index in [4.69, 9.17) is 0 Å². The van der Waals surface area contributed by atoms with E-state index in [0.29, 0.717) is 25.2 Å². The van der Waals surface area contributed by atoms with Crippen molar-refractivity contribution in [3.8, 4) is 0 Å². The Morgan fingerprint density at radius 3 is 2.19 bits per heavy atom. The van der Waals surface area contributed by atoms with Crippen LogP contribution in [0.1, 0.15) is 39.0 Å². The lowest BCUT2D eigenvalue weighted by atomic mass is 10.1. The van der Waals surface area contributed by atoms with E-state index < -0.39 is 12.1 Å². The molecule has 0 aromatic heterocycles. The summed E-state index contributed by atoms with van der Waals surface area (Å²) in [4.78, 5) is 25.9. The molecular formula is C19H26F3N3O2. The van der Waals surface area contributed by atoms with Gasteiger partial charge in [0, 0.05) is 44.0 Å². The summed E-state index contributed by atoms with van der Waals surface area (Å²) in [7, 11) is 0. The lowest BCUT2D eigenvalue weighted by molar-refractivity contribution is -0.185. The Hall–Kier alpha value is -2.25. The summed E-state index contributed by atoms with van der Waals surface area (Å²) >= 11 is 0. The average Bonchev–Trinajstić information content (AvgIpc) is 2.65. The molecule has 0 saturated carbocycles. The third-order valence-corrected chi connectivity index (χ3v) is 4.58. The van der Waals surface area contributed by atoms with E-state index in [9.17, 15) is 22.8 Å². The number of rotatable bonds is 7. The molecule has 0 bridgehead atoms. The molecule has 1 heterocycles. The first-order chi connectivity index (χ1) is 12.8. The van der Waals surface area contributed by atoms with Crippen molar-refractivity contribution in [2.75, 3.05) is 36.4 Å². The molecular weight excluding hydrogens is 359 g/mol. The van der Waals surface area contributed by atoms with Crippen LogP contribution in [0, 0.1) is 0 Å². The van der Waals surface area contributed by atoms with Gasteiger partial charge in [-0.25, -0.2) is 0 Å². The van der Waals surface area contributed by atoms with Gasteiger partial charge in [-0.05, 0) is 30.7 Å². The van der Waals surface area contributed by atoms with E-state index in [1.54, 1.807) is 12.1 Å². The monoisotopic (exact) mass is 385 g/mol. The molecule has 1 N–H and O–H groups in total. The van der Waals surface area contributed by atoms with Crippen LogP contribution in [0.25, 0.3) is 0 Å². The maximum atomic E-state index is 12.5. The van der Waals surface area contributed by atoms with Crippen LogP contribution in [-0.4, -0.2) is 49.1 Å². The lowest BCUT2D eigenvalue weighted by Gasteiger charge is -2.36. The molecule has 1 saturated heterocycles. The van der Waals surface area contributed by atoms with Gasteiger partial charge in [-0.3, -0.25) is 9.59 Å². The standard InChI is InChI=1S/C19H26F3N3O2/c1-2-3-4-5-6-17(26)23-15-7-9-16(10-8-15)24-11-13-25(14-12-24)18(27)19(20,21)22/h7-10H,2-6,11-14H2,1H3,(H,23,26). The summed E-state index contributed by atoms with van der Waals surface area (Å²) < 4.78 is 37.4. The summed E-state index contributed by atoms with van der Waals surface area (Å²) in [6, 6.07) is 7.22. The molecule has 1 aromatic rings. The summed E-state index contributed by atoms with van der Waals surface area (Å²) in [5.74, 6) is -1.79. The number of piperazine rings is 1. The Kier molecular flexibility index (Phi) is 7.50. The number of amides is 2. The fourth-order valence-corrected chi connectivity index (χ4v) is 3.04. The second kappa shape index (κ2) is 9.62. The van der Waals surface area contributed by atoms with E-state index in [1.807, 2.05) is 17.0 Å². The molecule has 8 heteroatoms. The van der Waals surface area contributed by atoms with Crippen LogP contribution in [0.4, 0.5) is 24.5 Å². The van der Waals surface area contributed by atoms with Gasteiger partial charge in [0.1, 0.15) is 0 Å². The smallest absolute Gasteiger partial charge is 0.368 e. The summed E-state index contributed by atoms with van der Waals surface area (Å²) in [6.07, 6.45) is -0.147. The molecule has 5 nitrogen and oxygen atoms in total. The van der Waals surface area contributed by atoms with Crippen molar-refractivity contribution in [3.05, 3.63) is 24.3 Å². The highest BCUT2D eigenvalue weighted by Gasteiger charge is 2.43. The minimum Gasteiger partial charge on any atom is -0.368 e. The Bertz CT molecular complexity index is 624. The number of alkyl halides is 3. The second-order valence-electron chi connectivity index (χ2n) is 6.68. The van der Waals surface area contributed by atoms with Gasteiger partial charge >= 0.3 is 12.1 Å². The molecule has 0 spiro atoms. The second-order valence-corrected chi connectivity index (χ2v) is 6.68. The van der Waals surface area contributed by atoms with Gasteiger partial charge in [0.15, 0.2) is 0 Å². The number of carbonyl (C=O) groups is 2. The zero-order valence-electron chi connectivity index (χ0n) is 15.5. The zero-order chi connectivity index (χ0) is 19.9. The zero-order valence-corrected chi connectivity index (χ0v) is 15.5. The Morgan fingerprint density at radius 1 is 1.00 bits per heavy atom. The SMILES string of the molecule is CCCCCCC(=O)Nc1ccc(N2CCN(C(=O)C(F)(F)F)CC2)cc1. The third-order valence-electron chi connectivity index (χ3n) is 4.58. The van der Waals surface area contributed by atoms with Crippen molar-refractivity contribution in [2.45, 2.75) is 45.2 Å². The molecule has 1 aliphatic heterocycles. The number of anilines is 2. The number of carbonyl (C=O) groups excluding carboxylic acids is 2. The van der Waals surface area contributed by atoms with Crippen LogP contribution in [-0.2, 0) is 9.59 Å². The Morgan fingerprint density at radius 2 is 1.63 bits per heavy atom. The van der Waals surface area contributed by atoms with E-state index in [-0.39, 0.29) is 19.0 Å². The van der Waals surface area contributed by atoms with Crippen molar-refractivity contribution in [2.24, 2.45) is 0 Å². The highest BCUT2D eigenvalue weighted by molar-refractivity contribution is 5.90. The van der Waals surface area contributed by atoms with Crippen LogP contribution < -0.4 is 10.2 Å². The van der Waals surface area contributed by atoms with Gasteiger partial charge in [0.2, 0.25) is 5.91 Å². The van der Waals surface area contributed by atoms with Crippen LogP contribution in [0.3, 0.4) is 0 Å². The molecule has 1 fully saturated rings. The largest absolute Gasteiger partial charge is 0.471 e. The molecule has 150 valence electrons. The van der Waals surface area contributed by atoms with E-state index in [1.165, 1.54) is 0 Å². The van der Waals surface area contributed by atoms with Gasteiger partial charge in [0.05, 0.1) is 0 Å². The van der Waals surface area contributed by atoms with Crippen molar-refractivity contribution < 1.29 is 22.8 Å². The predicted octanol–water partition coefficient (Wildman–Crippen LogP) is 3.81. The number of halogens is 3. The summed E-state index contributed by atoms with van der Waals surface area (Å²) in [6.45, 7) is 2.87. The normalized spacial score (nSPS) is 15.0. The van der Waals surface area contributed by atoms with Gasteiger partial charge in [-0.1, -0.05) is 26.2 Å². The number of hydrogen-bond acceptors (Lipinski definition) is 3. The predicted molar refractivity (Wildman–Crippen MR) is 98.7 cm³/mol. The first-order valence-corrected chi connectivity index (χ1v) is 9.32. The van der Waals surface area contributed by atoms with Crippen LogP contribution in [0.2, 0.25) is 0 Å². The van der Waals surface area contributed by atoms with Crippen LogP contribution in [0.5, 0.6) is 0 Å². The first kappa shape index (κ1) is 21.1. The molecule has 2 amide bonds. The van der Waals surface area contributed by atoms with Crippen LogP contribution >= 0.6 is 0 Å². The Balaban J connectivity index is 1.80. The number of benzene rings is 1. The van der Waals surface area contributed by atoms with Gasteiger partial charge in [-0.15, -0.1) is 0 Å². The lowest BCUT2D eigenvalue weighted by Crippen LogP contribution is -2.52. The van der Waals surface area contributed by atoms with E-state index >= 15 is 0 Å². The quantitative estimate of drug-likeness (QED) is 0.727. The number of unbranched alkanes of at least 4 members (excludes halogenated alkanes) is 3. The maximum Gasteiger partial charge on any atom is 0.471 e.